The molecule has 2 aromatic heterocycles. The smallest absolute Gasteiger partial charge is 0.326 e. The number of nitrogens with zero attached hydrogens (tertiary/aromatic N) is 3. The van der Waals surface area contributed by atoms with Crippen molar-refractivity contribution in [2.75, 3.05) is 5.32 Å². The molecule has 0 saturated heterocycles. The van der Waals surface area contributed by atoms with Gasteiger partial charge in [-0.15, -0.1) is 0 Å². The summed E-state index contributed by atoms with van der Waals surface area (Å²) in [6.45, 7) is 2.03. The van der Waals surface area contributed by atoms with E-state index in [-0.39, 0.29) is 0 Å². The number of aromatic nitrogens is 3. The minimum atomic E-state index is -0.866. The third kappa shape index (κ3) is 3.37. The number of hydrogen-bond acceptors (Lipinski definition) is 5. The lowest BCUT2D eigenvalue weighted by molar-refractivity contribution is -0.138. The number of rotatable bonds is 6. The number of pyridine rings is 1. The second-order valence-corrected chi connectivity index (χ2v) is 4.27. The van der Waals surface area contributed by atoms with Crippen LogP contribution in [0.1, 0.15) is 26.2 Å². The summed E-state index contributed by atoms with van der Waals surface area (Å²) >= 11 is 0. The van der Waals surface area contributed by atoms with Crippen LogP contribution >= 0.6 is 0 Å². The molecule has 100 valence electrons. The van der Waals surface area contributed by atoms with Crippen molar-refractivity contribution in [3.8, 4) is 0 Å². The Kier molecular flexibility index (Phi) is 4.22. The Labute approximate surface area is 110 Å². The van der Waals surface area contributed by atoms with Crippen LogP contribution in [0.15, 0.2) is 24.5 Å². The van der Waals surface area contributed by atoms with Gasteiger partial charge in [-0.3, -0.25) is 4.98 Å². The standard InChI is InChI=1S/C13H16N4O2/c1-2-3-4-10(13(18)19)16-11-6-5-9-12(17-11)15-8-7-14-9/h5-8,10H,2-4H2,1H3,(H,18,19)(H,15,16,17). The van der Waals surface area contributed by atoms with Crippen molar-refractivity contribution in [1.29, 1.82) is 0 Å². The van der Waals surface area contributed by atoms with Crippen molar-refractivity contribution in [2.24, 2.45) is 0 Å². The number of anilines is 1. The van der Waals surface area contributed by atoms with Crippen LogP contribution in [-0.4, -0.2) is 32.1 Å². The highest BCUT2D eigenvalue weighted by Crippen LogP contribution is 2.13. The molecule has 2 aromatic rings. The lowest BCUT2D eigenvalue weighted by Gasteiger charge is -2.14. The minimum absolute atomic E-state index is 0.507. The molecule has 1 unspecified atom stereocenters. The molecule has 6 heteroatoms. The quantitative estimate of drug-likeness (QED) is 0.826. The van der Waals surface area contributed by atoms with Gasteiger partial charge in [0.1, 0.15) is 17.4 Å². The fourth-order valence-electron chi connectivity index (χ4n) is 1.78. The first-order chi connectivity index (χ1) is 9.20. The van der Waals surface area contributed by atoms with Crippen LogP contribution in [0.5, 0.6) is 0 Å². The number of carbonyl (C=O) groups is 1. The van der Waals surface area contributed by atoms with E-state index < -0.39 is 12.0 Å². The van der Waals surface area contributed by atoms with Crippen molar-refractivity contribution < 1.29 is 9.90 Å². The van der Waals surface area contributed by atoms with Crippen LogP contribution < -0.4 is 5.32 Å². The Morgan fingerprint density at radius 1 is 1.37 bits per heavy atom. The summed E-state index contributed by atoms with van der Waals surface area (Å²) in [7, 11) is 0. The molecule has 2 N–H and O–H groups in total. The van der Waals surface area contributed by atoms with E-state index in [0.717, 1.165) is 12.8 Å². The maximum atomic E-state index is 11.2. The number of aliphatic carboxylic acids is 1. The molecule has 2 heterocycles. The third-order valence-corrected chi connectivity index (χ3v) is 2.80. The number of carboxylic acid groups (broad SMARTS) is 1. The summed E-state index contributed by atoms with van der Waals surface area (Å²) < 4.78 is 0. The molecule has 19 heavy (non-hydrogen) atoms. The fraction of sp³-hybridized carbons (Fsp3) is 0.385. The summed E-state index contributed by atoms with van der Waals surface area (Å²) in [5, 5.41) is 12.1. The molecular weight excluding hydrogens is 244 g/mol. The molecule has 0 spiro atoms. The van der Waals surface area contributed by atoms with Crippen LogP contribution in [-0.2, 0) is 4.79 Å². The van der Waals surface area contributed by atoms with Crippen LogP contribution in [0.2, 0.25) is 0 Å². The maximum Gasteiger partial charge on any atom is 0.326 e. The van der Waals surface area contributed by atoms with Gasteiger partial charge in [-0.1, -0.05) is 19.8 Å². The highest BCUT2D eigenvalue weighted by atomic mass is 16.4. The Morgan fingerprint density at radius 2 is 2.16 bits per heavy atom. The molecule has 1 atom stereocenters. The van der Waals surface area contributed by atoms with E-state index in [1.807, 2.05) is 6.92 Å². The van der Waals surface area contributed by atoms with Gasteiger partial charge in [-0.2, -0.15) is 0 Å². The normalized spacial score (nSPS) is 12.3. The van der Waals surface area contributed by atoms with E-state index in [9.17, 15) is 4.79 Å². The Bertz CT molecular complexity index is 573. The average molecular weight is 260 g/mol. The number of carboxylic acids is 1. The second kappa shape index (κ2) is 6.08. The molecule has 0 amide bonds. The summed E-state index contributed by atoms with van der Waals surface area (Å²) in [5.74, 6) is -0.356. The summed E-state index contributed by atoms with van der Waals surface area (Å²) in [6, 6.07) is 2.87. The second-order valence-electron chi connectivity index (χ2n) is 4.27. The third-order valence-electron chi connectivity index (χ3n) is 2.80. The van der Waals surface area contributed by atoms with E-state index in [4.69, 9.17) is 5.11 Å². The fourth-order valence-corrected chi connectivity index (χ4v) is 1.78. The van der Waals surface area contributed by atoms with Crippen LogP contribution in [0.4, 0.5) is 5.82 Å². The van der Waals surface area contributed by atoms with E-state index in [2.05, 4.69) is 20.3 Å². The van der Waals surface area contributed by atoms with Crippen molar-refractivity contribution in [2.45, 2.75) is 32.2 Å². The van der Waals surface area contributed by atoms with Gasteiger partial charge in [0.15, 0.2) is 5.65 Å². The zero-order valence-corrected chi connectivity index (χ0v) is 10.7. The first-order valence-electron chi connectivity index (χ1n) is 6.28. The lowest BCUT2D eigenvalue weighted by Crippen LogP contribution is -2.29. The first-order valence-corrected chi connectivity index (χ1v) is 6.28. The van der Waals surface area contributed by atoms with Gasteiger partial charge >= 0.3 is 5.97 Å². The van der Waals surface area contributed by atoms with E-state index in [0.29, 0.717) is 23.4 Å². The monoisotopic (exact) mass is 260 g/mol. The number of fused-ring (bicyclic) bond motifs is 1. The van der Waals surface area contributed by atoms with Gasteiger partial charge in [0.05, 0.1) is 0 Å². The molecule has 0 aliphatic rings. The molecule has 0 fully saturated rings. The molecule has 0 aromatic carbocycles. The molecule has 0 radical (unpaired) electrons. The SMILES string of the molecule is CCCCC(Nc1ccc2nccnc2n1)C(=O)O. The minimum Gasteiger partial charge on any atom is -0.480 e. The maximum absolute atomic E-state index is 11.2. The molecule has 6 nitrogen and oxygen atoms in total. The summed E-state index contributed by atoms with van der Waals surface area (Å²) in [5.41, 5.74) is 1.20. The van der Waals surface area contributed by atoms with Crippen LogP contribution in [0, 0.1) is 0 Å². The average Bonchev–Trinajstić information content (AvgIpc) is 2.43. The zero-order chi connectivity index (χ0) is 13.7. The molecule has 0 aliphatic carbocycles. The van der Waals surface area contributed by atoms with Crippen molar-refractivity contribution >= 4 is 23.0 Å². The van der Waals surface area contributed by atoms with Crippen molar-refractivity contribution in [1.82, 2.24) is 15.0 Å². The van der Waals surface area contributed by atoms with Crippen molar-refractivity contribution in [3.05, 3.63) is 24.5 Å². The molecule has 0 aliphatic heterocycles. The van der Waals surface area contributed by atoms with E-state index in [1.165, 1.54) is 0 Å². The summed E-state index contributed by atoms with van der Waals surface area (Å²) in [4.78, 5) is 23.6. The Morgan fingerprint density at radius 3 is 2.89 bits per heavy atom. The van der Waals surface area contributed by atoms with Gasteiger partial charge in [-0.25, -0.2) is 14.8 Å². The number of unbranched alkanes of at least 4 members (excludes halogenated alkanes) is 1. The van der Waals surface area contributed by atoms with Gasteiger partial charge in [0.2, 0.25) is 0 Å². The van der Waals surface area contributed by atoms with Gasteiger partial charge in [0.25, 0.3) is 0 Å². The highest BCUT2D eigenvalue weighted by molar-refractivity contribution is 5.78. The van der Waals surface area contributed by atoms with E-state index in [1.54, 1.807) is 24.5 Å². The number of nitrogens with one attached hydrogen (secondary N) is 1. The predicted molar refractivity (Wildman–Crippen MR) is 71.9 cm³/mol. The Balaban J connectivity index is 2.16. The van der Waals surface area contributed by atoms with Crippen molar-refractivity contribution in [3.63, 3.8) is 0 Å². The predicted octanol–water partition coefficient (Wildman–Crippen LogP) is 2.08. The Hall–Kier alpha value is -2.24. The lowest BCUT2D eigenvalue weighted by atomic mass is 10.1. The molecule has 2 rings (SSSR count). The molecule has 0 bridgehead atoms. The zero-order valence-electron chi connectivity index (χ0n) is 10.7. The molecule has 0 saturated carbocycles. The number of hydrogen-bond donors (Lipinski definition) is 2. The van der Waals surface area contributed by atoms with Gasteiger partial charge in [-0.05, 0) is 18.6 Å². The summed E-state index contributed by atoms with van der Waals surface area (Å²) in [6.07, 6.45) is 5.55. The van der Waals surface area contributed by atoms with Crippen LogP contribution in [0.3, 0.4) is 0 Å². The topological polar surface area (TPSA) is 88.0 Å². The molecular formula is C13H16N4O2. The van der Waals surface area contributed by atoms with Crippen LogP contribution in [0.25, 0.3) is 11.2 Å². The van der Waals surface area contributed by atoms with Gasteiger partial charge < -0.3 is 10.4 Å². The highest BCUT2D eigenvalue weighted by Gasteiger charge is 2.17. The van der Waals surface area contributed by atoms with E-state index >= 15 is 0 Å². The first kappa shape index (κ1) is 13.2. The largest absolute Gasteiger partial charge is 0.480 e. The van der Waals surface area contributed by atoms with Gasteiger partial charge in [0, 0.05) is 12.4 Å².